The topological polar surface area (TPSA) is 75.0 Å². The summed E-state index contributed by atoms with van der Waals surface area (Å²) in [5, 5.41) is 13.2. The van der Waals surface area contributed by atoms with Crippen LogP contribution in [0.4, 0.5) is 5.69 Å². The van der Waals surface area contributed by atoms with E-state index >= 15 is 0 Å². The van der Waals surface area contributed by atoms with Crippen molar-refractivity contribution in [3.63, 3.8) is 0 Å². The minimum atomic E-state index is -0.0658. The number of hydrogen-bond acceptors (Lipinski definition) is 5. The number of aryl methyl sites for hydroxylation is 2. The number of anilines is 1. The molecule has 0 spiro atoms. The fraction of sp³-hybridized carbons (Fsp3) is 0.296. The molecule has 0 unspecified atom stereocenters. The van der Waals surface area contributed by atoms with E-state index in [2.05, 4.69) is 11.4 Å². The van der Waals surface area contributed by atoms with Crippen LogP contribution in [0.3, 0.4) is 0 Å². The fourth-order valence-corrected chi connectivity index (χ4v) is 4.77. The number of carbonyl (C=O) groups excluding carboxylic acids is 1. The summed E-state index contributed by atoms with van der Waals surface area (Å²) in [5.41, 5.74) is 3.68. The Morgan fingerprint density at radius 1 is 1.00 bits per heavy atom. The fourth-order valence-electron chi connectivity index (χ4n) is 3.85. The van der Waals surface area contributed by atoms with Crippen LogP contribution < -0.4 is 10.1 Å². The number of nitrogens with one attached hydrogen (secondary N) is 1. The number of nitriles is 1. The molecule has 33 heavy (non-hydrogen) atoms. The van der Waals surface area contributed by atoms with Crippen molar-refractivity contribution < 1.29 is 9.53 Å². The summed E-state index contributed by atoms with van der Waals surface area (Å²) >= 11 is 1.48. The number of nitrogens with zero attached hydrogens (tertiary/aromatic N) is 2. The van der Waals surface area contributed by atoms with Crippen LogP contribution in [-0.2, 0) is 17.6 Å². The minimum Gasteiger partial charge on any atom is -0.457 e. The van der Waals surface area contributed by atoms with Crippen molar-refractivity contribution in [1.82, 2.24) is 4.98 Å². The Labute approximate surface area is 199 Å². The van der Waals surface area contributed by atoms with E-state index in [9.17, 15) is 10.1 Å². The average molecular weight is 458 g/mol. The Hall–Kier alpha value is -3.30. The number of fused-ring (bicyclic) bond motifs is 1. The van der Waals surface area contributed by atoms with Gasteiger partial charge in [0.1, 0.15) is 22.6 Å². The second kappa shape index (κ2) is 11.5. The lowest BCUT2D eigenvalue weighted by molar-refractivity contribution is -0.115. The maximum atomic E-state index is 12.4. The summed E-state index contributed by atoms with van der Waals surface area (Å²) in [7, 11) is 0. The van der Waals surface area contributed by atoms with E-state index < -0.39 is 0 Å². The highest BCUT2D eigenvalue weighted by Crippen LogP contribution is 2.27. The number of aromatic nitrogens is 1. The molecule has 3 aromatic rings. The third-order valence-electron chi connectivity index (χ3n) is 5.57. The molecule has 6 heteroatoms. The van der Waals surface area contributed by atoms with E-state index in [-0.39, 0.29) is 5.91 Å². The predicted octanol–water partition coefficient (Wildman–Crippen LogP) is 6.53. The van der Waals surface area contributed by atoms with E-state index in [1.54, 1.807) is 0 Å². The van der Waals surface area contributed by atoms with Crippen molar-refractivity contribution in [3.05, 3.63) is 77.5 Å². The van der Waals surface area contributed by atoms with Crippen molar-refractivity contribution in [2.24, 2.45) is 0 Å². The zero-order chi connectivity index (χ0) is 22.9. The number of benzene rings is 2. The van der Waals surface area contributed by atoms with Gasteiger partial charge in [0.25, 0.3) is 0 Å². The van der Waals surface area contributed by atoms with Crippen LogP contribution in [0.2, 0.25) is 0 Å². The zero-order valence-corrected chi connectivity index (χ0v) is 19.4. The van der Waals surface area contributed by atoms with Gasteiger partial charge in [0.15, 0.2) is 0 Å². The largest absolute Gasteiger partial charge is 0.457 e. The summed E-state index contributed by atoms with van der Waals surface area (Å²) in [6.07, 6.45) is 7.10. The maximum absolute atomic E-state index is 12.4. The molecule has 0 bridgehead atoms. The van der Waals surface area contributed by atoms with Crippen LogP contribution in [-0.4, -0.2) is 16.6 Å². The second-order valence-corrected chi connectivity index (χ2v) is 9.14. The normalized spacial score (nSPS) is 13.2. The van der Waals surface area contributed by atoms with Gasteiger partial charge in [0.05, 0.1) is 5.56 Å². The van der Waals surface area contributed by atoms with Gasteiger partial charge in [-0.2, -0.15) is 5.26 Å². The number of carbonyl (C=O) groups is 1. The van der Waals surface area contributed by atoms with Crippen LogP contribution in [0, 0.1) is 11.3 Å². The van der Waals surface area contributed by atoms with Crippen molar-refractivity contribution in [3.8, 4) is 17.6 Å². The van der Waals surface area contributed by atoms with Gasteiger partial charge in [0.2, 0.25) is 5.91 Å². The molecular weight excluding hydrogens is 430 g/mol. The van der Waals surface area contributed by atoms with E-state index in [0.29, 0.717) is 23.5 Å². The lowest BCUT2D eigenvalue weighted by Gasteiger charge is -2.15. The monoisotopic (exact) mass is 457 g/mol. The molecule has 0 saturated heterocycles. The first-order chi connectivity index (χ1) is 16.2. The standard InChI is InChI=1S/C27H27N3O2S/c28-19-21-18-20-8-4-1-2-7-11-25(20)30-27(21)33-17-16-26(31)29-22-12-14-24(15-13-22)32-23-9-5-3-6-10-23/h3,5-6,9-10,12-15,18H,1-2,4,7-8,11,16-17H2,(H,29,31). The first kappa shape index (κ1) is 22.9. The maximum Gasteiger partial charge on any atom is 0.225 e. The van der Waals surface area contributed by atoms with Gasteiger partial charge < -0.3 is 10.1 Å². The first-order valence-corrected chi connectivity index (χ1v) is 12.4. The molecule has 1 aromatic heterocycles. The molecule has 2 aromatic carbocycles. The third-order valence-corrected chi connectivity index (χ3v) is 6.56. The molecule has 0 radical (unpaired) electrons. The highest BCUT2D eigenvalue weighted by atomic mass is 32.2. The van der Waals surface area contributed by atoms with Gasteiger partial charge in [-0.15, -0.1) is 11.8 Å². The molecule has 1 N–H and O–H groups in total. The highest BCUT2D eigenvalue weighted by molar-refractivity contribution is 7.99. The van der Waals surface area contributed by atoms with Gasteiger partial charge in [-0.1, -0.05) is 31.0 Å². The number of hydrogen-bond donors (Lipinski definition) is 1. The summed E-state index contributed by atoms with van der Waals surface area (Å²) in [5.74, 6) is 1.99. The molecule has 1 amide bonds. The highest BCUT2D eigenvalue weighted by Gasteiger charge is 2.14. The molecule has 0 saturated carbocycles. The molecule has 5 nitrogen and oxygen atoms in total. The van der Waals surface area contributed by atoms with Crippen molar-refractivity contribution >= 4 is 23.4 Å². The molecule has 1 heterocycles. The smallest absolute Gasteiger partial charge is 0.225 e. The van der Waals surface area contributed by atoms with Crippen LogP contribution in [0.1, 0.15) is 48.9 Å². The Morgan fingerprint density at radius 2 is 1.73 bits per heavy atom. The number of pyridine rings is 1. The number of ether oxygens (including phenoxy) is 1. The van der Waals surface area contributed by atoms with Gasteiger partial charge in [-0.25, -0.2) is 4.98 Å². The van der Waals surface area contributed by atoms with E-state index in [1.165, 1.54) is 30.2 Å². The predicted molar refractivity (Wildman–Crippen MR) is 132 cm³/mol. The number of amides is 1. The Kier molecular flexibility index (Phi) is 7.99. The van der Waals surface area contributed by atoms with E-state index in [1.807, 2.05) is 60.7 Å². The van der Waals surface area contributed by atoms with Crippen molar-refractivity contribution in [2.45, 2.75) is 50.0 Å². The molecule has 1 aliphatic carbocycles. The summed E-state index contributed by atoms with van der Waals surface area (Å²) in [4.78, 5) is 17.2. The average Bonchev–Trinajstić information content (AvgIpc) is 2.82. The van der Waals surface area contributed by atoms with Crippen LogP contribution in [0.25, 0.3) is 0 Å². The second-order valence-electron chi connectivity index (χ2n) is 8.06. The Morgan fingerprint density at radius 3 is 2.48 bits per heavy atom. The van der Waals surface area contributed by atoms with Crippen LogP contribution in [0.15, 0.2) is 65.7 Å². The van der Waals surface area contributed by atoms with E-state index in [0.717, 1.165) is 47.8 Å². The first-order valence-electron chi connectivity index (χ1n) is 11.4. The number of para-hydroxylation sites is 1. The Balaban J connectivity index is 1.29. The zero-order valence-electron chi connectivity index (χ0n) is 18.5. The molecule has 0 fully saturated rings. The lowest BCUT2D eigenvalue weighted by Crippen LogP contribution is -2.12. The van der Waals surface area contributed by atoms with Crippen LogP contribution >= 0.6 is 11.8 Å². The van der Waals surface area contributed by atoms with Gasteiger partial charge in [-0.3, -0.25) is 4.79 Å². The van der Waals surface area contributed by atoms with E-state index in [4.69, 9.17) is 9.72 Å². The summed E-state index contributed by atoms with van der Waals surface area (Å²) in [6, 6.07) is 21.2. The summed E-state index contributed by atoms with van der Waals surface area (Å²) in [6.45, 7) is 0. The summed E-state index contributed by atoms with van der Waals surface area (Å²) < 4.78 is 5.78. The molecule has 4 rings (SSSR count). The SMILES string of the molecule is N#Cc1cc2c(nc1SCCC(=O)Nc1ccc(Oc3ccccc3)cc1)CCCCCC2. The molecule has 1 aliphatic rings. The molecular formula is C27H27N3O2S. The quantitative estimate of drug-likeness (QED) is 0.409. The minimum absolute atomic E-state index is 0.0658. The van der Waals surface area contributed by atoms with Gasteiger partial charge in [-0.05, 0) is 73.7 Å². The van der Waals surface area contributed by atoms with Crippen molar-refractivity contribution in [1.29, 1.82) is 5.26 Å². The van der Waals surface area contributed by atoms with Crippen LogP contribution in [0.5, 0.6) is 11.5 Å². The lowest BCUT2D eigenvalue weighted by atomic mass is 9.96. The van der Waals surface area contributed by atoms with Gasteiger partial charge in [0, 0.05) is 23.6 Å². The molecule has 0 aliphatic heterocycles. The molecule has 0 atom stereocenters. The number of thioether (sulfide) groups is 1. The third kappa shape index (κ3) is 6.59. The Bertz CT molecular complexity index is 1120. The number of rotatable bonds is 7. The van der Waals surface area contributed by atoms with Gasteiger partial charge >= 0.3 is 0 Å². The van der Waals surface area contributed by atoms with Crippen molar-refractivity contribution in [2.75, 3.05) is 11.1 Å². The molecule has 168 valence electrons.